The molecule has 3 aromatic carbocycles. The summed E-state index contributed by atoms with van der Waals surface area (Å²) in [6.07, 6.45) is 0.490. The molecule has 1 atom stereocenters. The van der Waals surface area contributed by atoms with Gasteiger partial charge in [-0.1, -0.05) is 48.0 Å². The Labute approximate surface area is 183 Å². The molecule has 31 heavy (non-hydrogen) atoms. The highest BCUT2D eigenvalue weighted by Crippen LogP contribution is 2.34. The number of nitrogens with zero attached hydrogens (tertiary/aromatic N) is 3. The molecule has 1 saturated heterocycles. The van der Waals surface area contributed by atoms with E-state index in [2.05, 4.69) is 86.0 Å². The van der Waals surface area contributed by atoms with Crippen LogP contribution in [-0.2, 0) is 11.3 Å². The molecular formula is C27H27N3O. The van der Waals surface area contributed by atoms with Crippen molar-refractivity contribution >= 4 is 22.6 Å². The van der Waals surface area contributed by atoms with Gasteiger partial charge in [0, 0.05) is 31.1 Å². The van der Waals surface area contributed by atoms with E-state index in [9.17, 15) is 4.79 Å². The van der Waals surface area contributed by atoms with Crippen molar-refractivity contribution in [3.63, 3.8) is 0 Å². The number of hydrogen-bond acceptors (Lipinski definition) is 2. The lowest BCUT2D eigenvalue weighted by Crippen LogP contribution is -2.24. The molecule has 156 valence electrons. The largest absolute Gasteiger partial charge is 0.323 e. The van der Waals surface area contributed by atoms with Crippen molar-refractivity contribution < 1.29 is 4.79 Å². The molecule has 0 spiro atoms. The van der Waals surface area contributed by atoms with E-state index in [1.54, 1.807) is 0 Å². The van der Waals surface area contributed by atoms with E-state index in [0.717, 1.165) is 29.1 Å². The van der Waals surface area contributed by atoms with Crippen LogP contribution in [0.15, 0.2) is 66.7 Å². The summed E-state index contributed by atoms with van der Waals surface area (Å²) in [7, 11) is 0. The molecule has 0 radical (unpaired) electrons. The first kappa shape index (κ1) is 19.6. The van der Waals surface area contributed by atoms with Crippen LogP contribution in [0.4, 0.5) is 5.69 Å². The maximum absolute atomic E-state index is 13.0. The number of carbonyl (C=O) groups is 1. The number of aryl methyl sites for hydroxylation is 3. The molecule has 0 N–H and O–H groups in total. The molecular weight excluding hydrogens is 382 g/mol. The third kappa shape index (κ3) is 3.74. The van der Waals surface area contributed by atoms with Gasteiger partial charge in [-0.15, -0.1) is 0 Å². The fourth-order valence-electron chi connectivity index (χ4n) is 4.68. The summed E-state index contributed by atoms with van der Waals surface area (Å²) >= 11 is 0. The highest BCUT2D eigenvalue weighted by Gasteiger charge is 2.35. The van der Waals surface area contributed by atoms with Crippen LogP contribution < -0.4 is 4.90 Å². The van der Waals surface area contributed by atoms with Crippen LogP contribution in [0.25, 0.3) is 11.0 Å². The Hall–Kier alpha value is -3.40. The van der Waals surface area contributed by atoms with Gasteiger partial charge in [0.15, 0.2) is 0 Å². The lowest BCUT2D eigenvalue weighted by atomic mass is 10.1. The fraction of sp³-hybridized carbons (Fsp3) is 0.259. The van der Waals surface area contributed by atoms with E-state index in [1.165, 1.54) is 22.3 Å². The second-order valence-electron chi connectivity index (χ2n) is 8.78. The normalized spacial score (nSPS) is 16.4. The van der Waals surface area contributed by atoms with Crippen molar-refractivity contribution in [2.24, 2.45) is 0 Å². The van der Waals surface area contributed by atoms with Crippen LogP contribution in [0.5, 0.6) is 0 Å². The highest BCUT2D eigenvalue weighted by molar-refractivity contribution is 5.96. The maximum Gasteiger partial charge on any atom is 0.227 e. The summed E-state index contributed by atoms with van der Waals surface area (Å²) in [5, 5.41) is 0. The second-order valence-corrected chi connectivity index (χ2v) is 8.78. The van der Waals surface area contributed by atoms with E-state index in [0.29, 0.717) is 13.0 Å². The van der Waals surface area contributed by atoms with Gasteiger partial charge in [-0.25, -0.2) is 4.98 Å². The first-order chi connectivity index (χ1) is 15.0. The topological polar surface area (TPSA) is 38.1 Å². The first-order valence-electron chi connectivity index (χ1n) is 10.9. The van der Waals surface area contributed by atoms with E-state index in [1.807, 2.05) is 11.0 Å². The maximum atomic E-state index is 13.0. The number of imidazole rings is 1. The number of aromatic nitrogens is 2. The molecule has 0 unspecified atom stereocenters. The number of anilines is 1. The predicted molar refractivity (Wildman–Crippen MR) is 126 cm³/mol. The predicted octanol–water partition coefficient (Wildman–Crippen LogP) is 5.53. The lowest BCUT2D eigenvalue weighted by molar-refractivity contribution is -0.117. The van der Waals surface area contributed by atoms with Crippen molar-refractivity contribution in [1.82, 2.24) is 9.55 Å². The van der Waals surface area contributed by atoms with Gasteiger partial charge < -0.3 is 9.47 Å². The Morgan fingerprint density at radius 2 is 1.61 bits per heavy atom. The van der Waals surface area contributed by atoms with Crippen molar-refractivity contribution in [2.45, 2.75) is 39.7 Å². The Morgan fingerprint density at radius 3 is 2.35 bits per heavy atom. The summed E-state index contributed by atoms with van der Waals surface area (Å²) in [5.41, 5.74) is 7.95. The molecule has 1 fully saturated rings. The molecule has 5 rings (SSSR count). The standard InChI is InChI=1S/C27H27N3O/c1-18-8-10-21(11-9-18)16-30-25-7-5-4-6-24(25)28-27(30)22-15-26(31)29(17-22)23-13-19(2)12-20(3)14-23/h4-14,22H,15-17H2,1-3H3/t22-/m0/s1. The van der Waals surface area contributed by atoms with Gasteiger partial charge in [0.1, 0.15) is 5.82 Å². The van der Waals surface area contributed by atoms with Crippen LogP contribution >= 0.6 is 0 Å². The number of hydrogen-bond donors (Lipinski definition) is 0. The van der Waals surface area contributed by atoms with E-state index < -0.39 is 0 Å². The van der Waals surface area contributed by atoms with Crippen LogP contribution in [-0.4, -0.2) is 22.0 Å². The van der Waals surface area contributed by atoms with Crippen LogP contribution in [0.1, 0.15) is 40.4 Å². The minimum Gasteiger partial charge on any atom is -0.323 e. The van der Waals surface area contributed by atoms with Crippen LogP contribution in [0, 0.1) is 20.8 Å². The minimum atomic E-state index is 0.0752. The van der Waals surface area contributed by atoms with Gasteiger partial charge in [-0.2, -0.15) is 0 Å². The molecule has 1 aromatic heterocycles. The Morgan fingerprint density at radius 1 is 0.903 bits per heavy atom. The van der Waals surface area contributed by atoms with Gasteiger partial charge in [0.05, 0.1) is 11.0 Å². The number of rotatable bonds is 4. The van der Waals surface area contributed by atoms with Crippen molar-refractivity contribution in [3.05, 3.63) is 94.8 Å². The zero-order valence-electron chi connectivity index (χ0n) is 18.3. The lowest BCUT2D eigenvalue weighted by Gasteiger charge is -2.19. The van der Waals surface area contributed by atoms with Crippen LogP contribution in [0.3, 0.4) is 0 Å². The summed E-state index contributed by atoms with van der Waals surface area (Å²) < 4.78 is 2.29. The Kier molecular flexibility index (Phi) is 4.85. The van der Waals surface area contributed by atoms with Gasteiger partial charge in [0.2, 0.25) is 5.91 Å². The van der Waals surface area contributed by atoms with E-state index in [4.69, 9.17) is 4.98 Å². The smallest absolute Gasteiger partial charge is 0.227 e. The van der Waals surface area contributed by atoms with Gasteiger partial charge in [0.25, 0.3) is 0 Å². The molecule has 0 aliphatic carbocycles. The Balaban J connectivity index is 1.52. The zero-order chi connectivity index (χ0) is 21.5. The number of fused-ring (bicyclic) bond motifs is 1. The molecule has 0 saturated carbocycles. The van der Waals surface area contributed by atoms with E-state index >= 15 is 0 Å². The van der Waals surface area contributed by atoms with Gasteiger partial charge in [-0.3, -0.25) is 4.79 Å². The fourth-order valence-corrected chi connectivity index (χ4v) is 4.68. The quantitative estimate of drug-likeness (QED) is 0.444. The molecule has 1 amide bonds. The van der Waals surface area contributed by atoms with Crippen LogP contribution in [0.2, 0.25) is 0 Å². The molecule has 2 heterocycles. The van der Waals surface area contributed by atoms with Crippen molar-refractivity contribution in [2.75, 3.05) is 11.4 Å². The number of carbonyl (C=O) groups excluding carboxylic acids is 1. The highest BCUT2D eigenvalue weighted by atomic mass is 16.2. The van der Waals surface area contributed by atoms with Crippen molar-refractivity contribution in [3.8, 4) is 0 Å². The minimum absolute atomic E-state index is 0.0752. The van der Waals surface area contributed by atoms with Crippen molar-refractivity contribution in [1.29, 1.82) is 0 Å². The third-order valence-electron chi connectivity index (χ3n) is 6.15. The Bertz CT molecular complexity index is 1250. The molecule has 0 bridgehead atoms. The van der Waals surface area contributed by atoms with Gasteiger partial charge >= 0.3 is 0 Å². The summed E-state index contributed by atoms with van der Waals surface area (Å²) in [4.78, 5) is 19.9. The molecule has 1 aliphatic rings. The molecule has 1 aliphatic heterocycles. The molecule has 4 nitrogen and oxygen atoms in total. The number of benzene rings is 3. The average molecular weight is 410 g/mol. The summed E-state index contributed by atoms with van der Waals surface area (Å²) in [6.45, 7) is 7.68. The monoisotopic (exact) mass is 409 g/mol. The summed E-state index contributed by atoms with van der Waals surface area (Å²) in [5.74, 6) is 1.25. The van der Waals surface area contributed by atoms with E-state index in [-0.39, 0.29) is 11.8 Å². The number of amides is 1. The number of para-hydroxylation sites is 2. The first-order valence-corrected chi connectivity index (χ1v) is 10.9. The SMILES string of the molecule is Cc1ccc(Cn2c([C@H]3CC(=O)N(c4cc(C)cc(C)c4)C3)nc3ccccc32)cc1. The molecule has 4 heteroatoms. The zero-order valence-corrected chi connectivity index (χ0v) is 18.3. The molecule has 4 aromatic rings. The average Bonchev–Trinajstić information content (AvgIpc) is 3.30. The summed E-state index contributed by atoms with van der Waals surface area (Å²) in [6, 6.07) is 23.3. The second kappa shape index (κ2) is 7.69. The third-order valence-corrected chi connectivity index (χ3v) is 6.15. The van der Waals surface area contributed by atoms with Gasteiger partial charge in [-0.05, 0) is 61.7 Å².